The van der Waals surface area contributed by atoms with Gasteiger partial charge in [-0.25, -0.2) is 19.9 Å². The van der Waals surface area contributed by atoms with E-state index in [1.165, 1.54) is 24.9 Å². The maximum atomic E-state index is 4.60. The molecule has 5 aromatic rings. The van der Waals surface area contributed by atoms with Gasteiger partial charge < -0.3 is 25.1 Å². The van der Waals surface area contributed by atoms with Gasteiger partial charge >= 0.3 is 0 Å². The van der Waals surface area contributed by atoms with Crippen LogP contribution in [0.1, 0.15) is 32.3 Å². The van der Waals surface area contributed by atoms with Crippen molar-refractivity contribution in [2.75, 3.05) is 49.1 Å². The van der Waals surface area contributed by atoms with Crippen LogP contribution in [0, 0.1) is 11.8 Å². The molecule has 4 atom stereocenters. The number of anilines is 2. The molecule has 1 aromatic carbocycles. The van der Waals surface area contributed by atoms with E-state index in [9.17, 15) is 0 Å². The average Bonchev–Trinajstić information content (AvgIpc) is 3.86. The molecular weight excluding hydrogens is 536 g/mol. The van der Waals surface area contributed by atoms with E-state index in [0.717, 1.165) is 84.8 Å². The number of H-pyrrole nitrogens is 2. The smallest absolute Gasteiger partial charge is 0.142 e. The Morgan fingerprint density at radius 2 is 1.42 bits per heavy atom. The summed E-state index contributed by atoms with van der Waals surface area (Å²) in [5, 5.41) is 5.87. The molecule has 10 nitrogen and oxygen atoms in total. The molecule has 0 radical (unpaired) electrons. The van der Waals surface area contributed by atoms with Crippen molar-refractivity contribution in [1.82, 2.24) is 40.1 Å². The minimum Gasteiger partial charge on any atom is -0.354 e. The zero-order valence-corrected chi connectivity index (χ0v) is 25.0. The molecule has 2 spiro atoms. The molecule has 4 aliphatic rings. The van der Waals surface area contributed by atoms with Crippen LogP contribution in [0.3, 0.4) is 0 Å². The maximum Gasteiger partial charge on any atom is 0.142 e. The van der Waals surface area contributed by atoms with Crippen LogP contribution >= 0.6 is 0 Å². The highest BCUT2D eigenvalue weighted by molar-refractivity contribution is 5.88. The largest absolute Gasteiger partial charge is 0.354 e. The molecule has 8 heterocycles. The fourth-order valence-corrected chi connectivity index (χ4v) is 7.94. The number of aromatic nitrogens is 6. The number of fused-ring (bicyclic) bond motifs is 2. The molecule has 0 bridgehead atoms. The molecular formula is C33H40N10. The third-order valence-electron chi connectivity index (χ3n) is 10.8. The van der Waals surface area contributed by atoms with Gasteiger partial charge in [0.15, 0.2) is 0 Å². The van der Waals surface area contributed by atoms with Crippen LogP contribution in [-0.4, -0.2) is 85.2 Å². The zero-order valence-electron chi connectivity index (χ0n) is 25.0. The Balaban J connectivity index is 0.000000136. The van der Waals surface area contributed by atoms with Crippen LogP contribution in [0.2, 0.25) is 0 Å². The Morgan fingerprint density at radius 3 is 2.00 bits per heavy atom. The number of nitrogens with zero attached hydrogens (tertiary/aromatic N) is 7. The lowest BCUT2D eigenvalue weighted by molar-refractivity contribution is -0.0647. The van der Waals surface area contributed by atoms with E-state index in [4.69, 9.17) is 0 Å². The summed E-state index contributed by atoms with van der Waals surface area (Å²) in [7, 11) is 0. The Labute approximate surface area is 251 Å². The van der Waals surface area contributed by atoms with Crippen molar-refractivity contribution in [3.63, 3.8) is 0 Å². The van der Waals surface area contributed by atoms with Crippen molar-refractivity contribution < 1.29 is 0 Å². The number of benzene rings is 1. The average molecular weight is 577 g/mol. The van der Waals surface area contributed by atoms with Gasteiger partial charge in [0.05, 0.1) is 10.8 Å². The van der Waals surface area contributed by atoms with Crippen LogP contribution in [-0.2, 0) is 6.54 Å². The van der Waals surface area contributed by atoms with E-state index >= 15 is 0 Å². The van der Waals surface area contributed by atoms with E-state index in [1.807, 2.05) is 12.4 Å². The molecule has 10 heteroatoms. The lowest BCUT2D eigenvalue weighted by Gasteiger charge is -2.56. The summed E-state index contributed by atoms with van der Waals surface area (Å²) in [5.41, 5.74) is 3.86. The zero-order chi connectivity index (χ0) is 29.0. The van der Waals surface area contributed by atoms with Crippen molar-refractivity contribution in [3.05, 3.63) is 73.1 Å². The Kier molecular flexibility index (Phi) is 6.38. The van der Waals surface area contributed by atoms with Gasteiger partial charge in [0.25, 0.3) is 0 Å². The normalized spacial score (nSPS) is 28.4. The van der Waals surface area contributed by atoms with Crippen LogP contribution in [0.25, 0.3) is 22.1 Å². The van der Waals surface area contributed by atoms with E-state index in [1.54, 1.807) is 12.7 Å². The van der Waals surface area contributed by atoms with Gasteiger partial charge in [-0.05, 0) is 42.4 Å². The van der Waals surface area contributed by atoms with Gasteiger partial charge in [-0.15, -0.1) is 0 Å². The first-order chi connectivity index (χ1) is 21.0. The maximum absolute atomic E-state index is 4.60. The molecule has 0 saturated carbocycles. The van der Waals surface area contributed by atoms with Crippen LogP contribution in [0.5, 0.6) is 0 Å². The SMILES string of the molecule is C[C@H]1CN(Cc2ccccc2)[C@]12CCN(c1ncnc3[nH]ccc13)C2.C[C@H]1CN[C@]12CCN(c1ncnc3[nH]ccc13)C2. The highest BCUT2D eigenvalue weighted by atomic mass is 15.4. The number of rotatable bonds is 4. The predicted octanol–water partition coefficient (Wildman–Crippen LogP) is 4.20. The molecule has 9 rings (SSSR count). The van der Waals surface area contributed by atoms with E-state index < -0.39 is 0 Å². The highest BCUT2D eigenvalue weighted by Gasteiger charge is 2.54. The number of likely N-dealkylation sites (tertiary alicyclic amines) is 1. The molecule has 4 aromatic heterocycles. The fraction of sp³-hybridized carbons (Fsp3) is 0.455. The van der Waals surface area contributed by atoms with Gasteiger partial charge in [0.2, 0.25) is 0 Å². The van der Waals surface area contributed by atoms with Gasteiger partial charge in [-0.2, -0.15) is 0 Å². The molecule has 4 fully saturated rings. The first-order valence-corrected chi connectivity index (χ1v) is 15.6. The summed E-state index contributed by atoms with van der Waals surface area (Å²) in [6.07, 6.45) is 9.62. The van der Waals surface area contributed by atoms with Crippen molar-refractivity contribution in [1.29, 1.82) is 0 Å². The predicted molar refractivity (Wildman–Crippen MR) is 170 cm³/mol. The van der Waals surface area contributed by atoms with E-state index in [0.29, 0.717) is 5.54 Å². The fourth-order valence-electron chi connectivity index (χ4n) is 7.94. The van der Waals surface area contributed by atoms with Crippen molar-refractivity contribution in [2.45, 2.75) is 44.3 Å². The lowest BCUT2D eigenvalue weighted by atomic mass is 9.74. The quantitative estimate of drug-likeness (QED) is 0.292. The lowest BCUT2D eigenvalue weighted by Crippen LogP contribution is -2.66. The number of hydrogen-bond acceptors (Lipinski definition) is 8. The van der Waals surface area contributed by atoms with Crippen LogP contribution in [0.4, 0.5) is 11.6 Å². The molecule has 4 saturated heterocycles. The highest BCUT2D eigenvalue weighted by Crippen LogP contribution is 2.46. The van der Waals surface area contributed by atoms with Gasteiger partial charge in [0.1, 0.15) is 35.6 Å². The third-order valence-corrected chi connectivity index (χ3v) is 10.8. The summed E-state index contributed by atoms with van der Waals surface area (Å²) in [6.45, 7) is 12.4. The summed E-state index contributed by atoms with van der Waals surface area (Å²) >= 11 is 0. The van der Waals surface area contributed by atoms with E-state index in [2.05, 4.69) is 106 Å². The monoisotopic (exact) mass is 576 g/mol. The molecule has 43 heavy (non-hydrogen) atoms. The number of hydrogen-bond donors (Lipinski definition) is 3. The minimum absolute atomic E-state index is 0.281. The first kappa shape index (κ1) is 26.6. The Morgan fingerprint density at radius 1 is 0.767 bits per heavy atom. The third kappa shape index (κ3) is 4.38. The summed E-state index contributed by atoms with van der Waals surface area (Å²) in [4.78, 5) is 31.5. The molecule has 3 N–H and O–H groups in total. The van der Waals surface area contributed by atoms with Crippen LogP contribution in [0.15, 0.2) is 67.5 Å². The summed E-state index contributed by atoms with van der Waals surface area (Å²) in [5.74, 6) is 3.64. The van der Waals surface area contributed by atoms with Gasteiger partial charge in [-0.3, -0.25) is 4.90 Å². The van der Waals surface area contributed by atoms with Gasteiger partial charge in [-0.1, -0.05) is 44.2 Å². The van der Waals surface area contributed by atoms with E-state index in [-0.39, 0.29) is 5.54 Å². The molecule has 0 amide bonds. The molecule has 222 valence electrons. The van der Waals surface area contributed by atoms with Crippen molar-refractivity contribution in [2.24, 2.45) is 11.8 Å². The Hall–Kier alpha value is -4.02. The second-order valence-corrected chi connectivity index (χ2v) is 13.0. The van der Waals surface area contributed by atoms with Crippen molar-refractivity contribution in [3.8, 4) is 0 Å². The molecule has 0 aliphatic carbocycles. The second-order valence-electron chi connectivity index (χ2n) is 13.0. The standard InChI is InChI=1S/C20H23N5.C13H17N5/c1-15-11-25(12-16-5-3-2-4-6-16)20(15)8-10-24(13-20)19-17-7-9-21-18(17)22-14-23-19;1-9-6-17-13(9)3-5-18(7-13)12-10-2-4-14-11(10)15-8-16-12/h2-7,9,14-15H,8,10-13H2,1H3,(H,21,22,23);2,4,8-9,17H,3,5-7H2,1H3,(H,14,15,16)/t15-,20-;9-,13-/m00/s1. The topological polar surface area (TPSA) is 105 Å². The summed E-state index contributed by atoms with van der Waals surface area (Å²) < 4.78 is 0. The molecule has 0 unspecified atom stereocenters. The van der Waals surface area contributed by atoms with Gasteiger partial charge in [0, 0.05) is 69.3 Å². The minimum atomic E-state index is 0.281. The van der Waals surface area contributed by atoms with Crippen LogP contribution < -0.4 is 15.1 Å². The number of nitrogens with one attached hydrogen (secondary N) is 3. The Bertz CT molecular complexity index is 1730. The first-order valence-electron chi connectivity index (χ1n) is 15.6. The summed E-state index contributed by atoms with van der Waals surface area (Å²) in [6, 6.07) is 15.0. The van der Waals surface area contributed by atoms with Crippen molar-refractivity contribution >= 4 is 33.7 Å². The molecule has 4 aliphatic heterocycles. The number of aromatic amines is 2. The second kappa shape index (κ2) is 10.3.